The highest BCUT2D eigenvalue weighted by atomic mass is 32.2. The standard InChI is InChI=1S/C32H37N3O6S2/c1-5-34-27-12-11-23(43(38,39)33-13-15-40-16-14-33)19-25(27)26(30(34)36)18-22-17-20(3)35(21(22)4)31-29(32(37)41-6-2)24-9-7-8-10-28(24)42-31/h11-12,17-19H,5-10,13-16H2,1-4H3/b26-18-. The molecule has 9 nitrogen and oxygen atoms in total. The van der Waals surface area contributed by atoms with Crippen molar-refractivity contribution in [1.82, 2.24) is 8.87 Å². The lowest BCUT2D eigenvalue weighted by molar-refractivity contribution is -0.112. The third-order valence-electron chi connectivity index (χ3n) is 8.55. The van der Waals surface area contributed by atoms with Gasteiger partial charge in [-0.15, -0.1) is 11.3 Å². The van der Waals surface area contributed by atoms with Gasteiger partial charge >= 0.3 is 5.97 Å². The second-order valence-corrected chi connectivity index (χ2v) is 14.1. The summed E-state index contributed by atoms with van der Waals surface area (Å²) in [6.45, 7) is 9.80. The summed E-state index contributed by atoms with van der Waals surface area (Å²) in [5, 5.41) is 0.859. The molecule has 0 saturated carbocycles. The Labute approximate surface area is 256 Å². The second-order valence-electron chi connectivity index (χ2n) is 11.1. The molecule has 1 aliphatic carbocycles. The fraction of sp³-hybridized carbons (Fsp3) is 0.438. The number of sulfonamides is 1. The molecule has 2 aromatic heterocycles. The van der Waals surface area contributed by atoms with E-state index >= 15 is 0 Å². The largest absolute Gasteiger partial charge is 0.462 e. The molecule has 1 fully saturated rings. The monoisotopic (exact) mass is 623 g/mol. The summed E-state index contributed by atoms with van der Waals surface area (Å²) in [4.78, 5) is 30.0. The predicted molar refractivity (Wildman–Crippen MR) is 168 cm³/mol. The van der Waals surface area contributed by atoms with Gasteiger partial charge in [-0.1, -0.05) is 0 Å². The summed E-state index contributed by atoms with van der Waals surface area (Å²) in [5.41, 5.74) is 6.18. The van der Waals surface area contributed by atoms with Crippen molar-refractivity contribution in [1.29, 1.82) is 0 Å². The SMILES string of the molecule is CCOC(=O)c1c(-n2c(C)cc(/C=C3\C(=O)N(CC)c4ccc(S(=O)(=O)N5CCOCC5)cc43)c2C)sc2c1CCCC2. The van der Waals surface area contributed by atoms with Crippen LogP contribution in [0.15, 0.2) is 29.2 Å². The van der Waals surface area contributed by atoms with Gasteiger partial charge in [-0.25, -0.2) is 13.2 Å². The van der Waals surface area contributed by atoms with E-state index in [-0.39, 0.29) is 16.8 Å². The topological polar surface area (TPSA) is 98.2 Å². The minimum Gasteiger partial charge on any atom is -0.462 e. The van der Waals surface area contributed by atoms with Gasteiger partial charge in [0.2, 0.25) is 10.0 Å². The smallest absolute Gasteiger partial charge is 0.341 e. The van der Waals surface area contributed by atoms with E-state index in [0.717, 1.165) is 53.2 Å². The molecule has 43 heavy (non-hydrogen) atoms. The lowest BCUT2D eigenvalue weighted by Crippen LogP contribution is -2.40. The van der Waals surface area contributed by atoms with E-state index < -0.39 is 10.0 Å². The molecule has 1 aromatic carbocycles. The van der Waals surface area contributed by atoms with Crippen molar-refractivity contribution in [3.05, 3.63) is 62.8 Å². The van der Waals surface area contributed by atoms with Crippen LogP contribution in [0.25, 0.3) is 16.7 Å². The lowest BCUT2D eigenvalue weighted by atomic mass is 9.95. The Balaban J connectivity index is 1.45. The number of amides is 1. The maximum absolute atomic E-state index is 13.7. The third-order valence-corrected chi connectivity index (χ3v) is 11.7. The van der Waals surface area contributed by atoms with Crippen molar-refractivity contribution in [3.8, 4) is 5.00 Å². The van der Waals surface area contributed by atoms with E-state index in [1.165, 1.54) is 9.18 Å². The van der Waals surface area contributed by atoms with Crippen LogP contribution >= 0.6 is 11.3 Å². The fourth-order valence-electron chi connectivity index (χ4n) is 6.41. The molecule has 1 amide bonds. The van der Waals surface area contributed by atoms with Gasteiger partial charge in [0.05, 0.1) is 36.0 Å². The van der Waals surface area contributed by atoms with Gasteiger partial charge in [-0.2, -0.15) is 4.31 Å². The minimum atomic E-state index is -3.74. The van der Waals surface area contributed by atoms with E-state index in [9.17, 15) is 18.0 Å². The van der Waals surface area contributed by atoms with Crippen LogP contribution in [0.5, 0.6) is 0 Å². The van der Waals surface area contributed by atoms with Gasteiger partial charge in [0, 0.05) is 47.0 Å². The molecule has 0 bridgehead atoms. The molecular weight excluding hydrogens is 587 g/mol. The Kier molecular flexibility index (Phi) is 8.10. The van der Waals surface area contributed by atoms with Crippen molar-refractivity contribution >= 4 is 50.6 Å². The molecule has 1 saturated heterocycles. The third kappa shape index (κ3) is 5.05. The number of benzene rings is 1. The Morgan fingerprint density at radius 1 is 1.09 bits per heavy atom. The van der Waals surface area contributed by atoms with Crippen LogP contribution in [-0.2, 0) is 37.1 Å². The van der Waals surface area contributed by atoms with Crippen LogP contribution in [0, 0.1) is 13.8 Å². The Hall–Kier alpha value is -3.25. The number of fused-ring (bicyclic) bond motifs is 2. The number of likely N-dealkylation sites (N-methyl/N-ethyl adjacent to an activating group) is 1. The minimum absolute atomic E-state index is 0.165. The molecule has 228 valence electrons. The van der Waals surface area contributed by atoms with Gasteiger partial charge in [-0.05, 0) is 94.8 Å². The summed E-state index contributed by atoms with van der Waals surface area (Å²) >= 11 is 1.65. The highest BCUT2D eigenvalue weighted by Gasteiger charge is 2.35. The van der Waals surface area contributed by atoms with Crippen molar-refractivity contribution in [2.45, 2.75) is 58.3 Å². The van der Waals surface area contributed by atoms with E-state index in [1.54, 1.807) is 34.4 Å². The fourth-order valence-corrected chi connectivity index (χ4v) is 9.33. The molecule has 0 radical (unpaired) electrons. The number of thiophene rings is 1. The summed E-state index contributed by atoms with van der Waals surface area (Å²) < 4.78 is 41.3. The number of aromatic nitrogens is 1. The molecule has 0 atom stereocenters. The molecule has 4 heterocycles. The quantitative estimate of drug-likeness (QED) is 0.267. The number of nitrogens with zero attached hydrogens (tertiary/aromatic N) is 3. The van der Waals surface area contributed by atoms with E-state index in [2.05, 4.69) is 4.57 Å². The van der Waals surface area contributed by atoms with Crippen LogP contribution in [0.2, 0.25) is 0 Å². The first kappa shape index (κ1) is 29.8. The van der Waals surface area contributed by atoms with Gasteiger partial charge in [0.25, 0.3) is 5.91 Å². The van der Waals surface area contributed by atoms with Crippen LogP contribution in [-0.4, -0.2) is 68.6 Å². The first-order valence-corrected chi connectivity index (χ1v) is 17.2. The van der Waals surface area contributed by atoms with Crippen molar-refractivity contribution in [2.24, 2.45) is 0 Å². The Morgan fingerprint density at radius 2 is 1.84 bits per heavy atom. The van der Waals surface area contributed by atoms with E-state index in [4.69, 9.17) is 9.47 Å². The van der Waals surface area contributed by atoms with Crippen LogP contribution < -0.4 is 4.90 Å². The second kappa shape index (κ2) is 11.7. The highest BCUT2D eigenvalue weighted by molar-refractivity contribution is 7.89. The zero-order chi connectivity index (χ0) is 30.5. The van der Waals surface area contributed by atoms with E-state index in [1.807, 2.05) is 39.8 Å². The summed E-state index contributed by atoms with van der Waals surface area (Å²) in [6, 6.07) is 6.97. The molecule has 0 unspecified atom stereocenters. The van der Waals surface area contributed by atoms with Gasteiger partial charge in [0.15, 0.2) is 0 Å². The summed E-state index contributed by atoms with van der Waals surface area (Å²) in [7, 11) is -3.74. The number of carbonyl (C=O) groups excluding carboxylic acids is 2. The molecule has 6 rings (SSSR count). The molecule has 11 heteroatoms. The number of morpholine rings is 1. The normalized spacial score (nSPS) is 18.3. The van der Waals surface area contributed by atoms with Crippen LogP contribution in [0.4, 0.5) is 5.69 Å². The number of ether oxygens (including phenoxy) is 2. The number of rotatable bonds is 7. The van der Waals surface area contributed by atoms with Gasteiger partial charge in [-0.3, -0.25) is 4.79 Å². The summed E-state index contributed by atoms with van der Waals surface area (Å²) in [5.74, 6) is -0.459. The Bertz CT molecular complexity index is 1740. The molecule has 2 aliphatic heterocycles. The number of hydrogen-bond donors (Lipinski definition) is 0. The van der Waals surface area contributed by atoms with Crippen molar-refractivity contribution < 1.29 is 27.5 Å². The lowest BCUT2D eigenvalue weighted by Gasteiger charge is -2.26. The first-order chi connectivity index (χ1) is 20.7. The van der Waals surface area contributed by atoms with Crippen molar-refractivity contribution in [3.63, 3.8) is 0 Å². The number of carbonyl (C=O) groups is 2. The van der Waals surface area contributed by atoms with E-state index in [0.29, 0.717) is 61.8 Å². The number of aryl methyl sites for hydroxylation is 2. The first-order valence-electron chi connectivity index (χ1n) is 14.9. The van der Waals surface area contributed by atoms with Gasteiger partial charge in [0.1, 0.15) is 5.00 Å². The maximum atomic E-state index is 13.7. The van der Waals surface area contributed by atoms with Crippen molar-refractivity contribution in [2.75, 3.05) is 44.4 Å². The number of anilines is 1. The highest BCUT2D eigenvalue weighted by Crippen LogP contribution is 2.42. The molecular formula is C32H37N3O6S2. The number of hydrogen-bond acceptors (Lipinski definition) is 7. The average Bonchev–Trinajstić information content (AvgIpc) is 3.61. The molecule has 3 aliphatic rings. The average molecular weight is 624 g/mol. The Morgan fingerprint density at radius 3 is 2.56 bits per heavy atom. The van der Waals surface area contributed by atoms with Crippen LogP contribution in [0.1, 0.15) is 70.0 Å². The van der Waals surface area contributed by atoms with Crippen LogP contribution in [0.3, 0.4) is 0 Å². The molecule has 3 aromatic rings. The zero-order valence-electron chi connectivity index (χ0n) is 25.1. The van der Waals surface area contributed by atoms with Gasteiger partial charge < -0.3 is 18.9 Å². The summed E-state index contributed by atoms with van der Waals surface area (Å²) in [6.07, 6.45) is 5.84. The molecule has 0 N–H and O–H groups in total. The zero-order valence-corrected chi connectivity index (χ0v) is 26.7. The number of esters is 1. The predicted octanol–water partition coefficient (Wildman–Crippen LogP) is 5.14. The molecule has 0 spiro atoms. The maximum Gasteiger partial charge on any atom is 0.341 e.